The third-order valence-electron chi connectivity index (χ3n) is 5.15. The van der Waals surface area contributed by atoms with Crippen molar-refractivity contribution in [2.24, 2.45) is 11.8 Å². The molecule has 1 aliphatic carbocycles. The van der Waals surface area contributed by atoms with Gasteiger partial charge in [0.05, 0.1) is 23.9 Å². The largest absolute Gasteiger partial charge is 0.327 e. The smallest absolute Gasteiger partial charge is 0.320 e. The molecule has 0 aromatic rings. The average molecular weight is 305 g/mol. The van der Waals surface area contributed by atoms with Crippen molar-refractivity contribution in [1.29, 1.82) is 5.26 Å². The van der Waals surface area contributed by atoms with Gasteiger partial charge in [-0.1, -0.05) is 0 Å². The maximum Gasteiger partial charge on any atom is 0.327 e. The zero-order valence-corrected chi connectivity index (χ0v) is 12.6. The van der Waals surface area contributed by atoms with Crippen LogP contribution >= 0.6 is 0 Å². The first-order chi connectivity index (χ1) is 10.2. The van der Waals surface area contributed by atoms with Gasteiger partial charge in [0.1, 0.15) is 0 Å². The molecular formula is C13H15N5O4. The molecule has 0 aromatic heterocycles. The first kappa shape index (κ1) is 14.3. The van der Waals surface area contributed by atoms with Gasteiger partial charge in [0, 0.05) is 28.2 Å². The molecule has 2 aliphatic heterocycles. The van der Waals surface area contributed by atoms with Gasteiger partial charge in [-0.05, 0) is 0 Å². The number of carbonyl (C=O) groups excluding carboxylic acids is 4. The minimum Gasteiger partial charge on any atom is -0.320 e. The summed E-state index contributed by atoms with van der Waals surface area (Å²) in [6.07, 6.45) is 0. The number of fused-ring (bicyclic) bond motifs is 4. The molecule has 3 aliphatic rings. The second-order valence-electron chi connectivity index (χ2n) is 5.92. The summed E-state index contributed by atoms with van der Waals surface area (Å²) in [5.74, 6) is -2.82. The fourth-order valence-electron chi connectivity index (χ4n) is 3.93. The van der Waals surface area contributed by atoms with Crippen LogP contribution in [0.2, 0.25) is 0 Å². The summed E-state index contributed by atoms with van der Waals surface area (Å²) >= 11 is 0. The third kappa shape index (κ3) is 1.20. The van der Waals surface area contributed by atoms with E-state index < -0.39 is 47.3 Å². The molecule has 0 unspecified atom stereocenters. The summed E-state index contributed by atoms with van der Waals surface area (Å²) in [5, 5.41) is 9.68. The fraction of sp³-hybridized carbons (Fsp3) is 0.615. The van der Waals surface area contributed by atoms with Gasteiger partial charge >= 0.3 is 12.1 Å². The van der Waals surface area contributed by atoms with Gasteiger partial charge in [0.15, 0.2) is 5.54 Å². The van der Waals surface area contributed by atoms with E-state index in [-0.39, 0.29) is 0 Å². The highest BCUT2D eigenvalue weighted by Gasteiger charge is 2.77. The average Bonchev–Trinajstić information content (AvgIpc) is 2.48. The number of hydrogen-bond donors (Lipinski definition) is 0. The summed E-state index contributed by atoms with van der Waals surface area (Å²) in [6.45, 7) is 0. The lowest BCUT2D eigenvalue weighted by Gasteiger charge is -2.65. The van der Waals surface area contributed by atoms with Crippen LogP contribution in [0.1, 0.15) is 0 Å². The van der Waals surface area contributed by atoms with Gasteiger partial charge in [-0.3, -0.25) is 19.4 Å². The lowest BCUT2D eigenvalue weighted by atomic mass is 9.52. The number of likely N-dealkylation sites (N-methyl/N-ethyl adjacent to an activating group) is 2. The molecule has 116 valence electrons. The van der Waals surface area contributed by atoms with E-state index in [0.29, 0.717) is 0 Å². The summed E-state index contributed by atoms with van der Waals surface area (Å²) in [7, 11) is 5.55. The summed E-state index contributed by atoms with van der Waals surface area (Å²) in [6, 6.07) is 0.0454. The maximum atomic E-state index is 12.5. The minimum atomic E-state index is -1.49. The Balaban J connectivity index is 2.17. The van der Waals surface area contributed by atoms with Crippen LogP contribution in [0.25, 0.3) is 0 Å². The quantitative estimate of drug-likeness (QED) is 0.565. The molecule has 0 bridgehead atoms. The third-order valence-corrected chi connectivity index (χ3v) is 5.15. The Bertz CT molecular complexity index is 670. The van der Waals surface area contributed by atoms with E-state index in [1.165, 1.54) is 38.0 Å². The van der Waals surface area contributed by atoms with Crippen molar-refractivity contribution < 1.29 is 19.2 Å². The van der Waals surface area contributed by atoms with Crippen LogP contribution in [0, 0.1) is 23.2 Å². The van der Waals surface area contributed by atoms with E-state index in [1.54, 1.807) is 0 Å². The van der Waals surface area contributed by atoms with Gasteiger partial charge in [0.2, 0.25) is 11.8 Å². The Kier molecular flexibility index (Phi) is 2.58. The Morgan fingerprint density at radius 3 is 2.05 bits per heavy atom. The highest BCUT2D eigenvalue weighted by molar-refractivity contribution is 6.08. The topological polar surface area (TPSA) is 105 Å². The van der Waals surface area contributed by atoms with Crippen LogP contribution in [0.4, 0.5) is 9.59 Å². The number of amides is 6. The predicted octanol–water partition coefficient (Wildman–Crippen LogP) is -1.09. The van der Waals surface area contributed by atoms with E-state index in [4.69, 9.17) is 0 Å². The molecular weight excluding hydrogens is 290 g/mol. The molecule has 4 atom stereocenters. The first-order valence-corrected chi connectivity index (χ1v) is 6.72. The lowest BCUT2D eigenvalue weighted by molar-refractivity contribution is -0.185. The molecule has 3 rings (SSSR count). The van der Waals surface area contributed by atoms with Crippen LogP contribution in [0.3, 0.4) is 0 Å². The molecule has 2 heterocycles. The summed E-state index contributed by atoms with van der Waals surface area (Å²) < 4.78 is 0. The Morgan fingerprint density at radius 2 is 1.50 bits per heavy atom. The SMILES string of the molecule is CN1C(=O)[C@@H]2[C@H]3C(=O)N(C)C(=O)N(C)[C@@]3(C#N)[C@@H]2N(C)C1=O. The molecule has 3 fully saturated rings. The standard InChI is InChI=1S/C13H15N5O4/c1-15-8-6(9(19)16(2)11(15)21)7-10(20)17(3)12(22)18(4)13(7,8)5-14/h6-8H,1-4H3/t6-,7+,8-,13-/m1/s1. The van der Waals surface area contributed by atoms with Crippen LogP contribution in [0.15, 0.2) is 0 Å². The van der Waals surface area contributed by atoms with E-state index in [2.05, 4.69) is 0 Å². The van der Waals surface area contributed by atoms with E-state index >= 15 is 0 Å². The molecule has 0 radical (unpaired) electrons. The number of nitrogens with zero attached hydrogens (tertiary/aromatic N) is 5. The monoisotopic (exact) mass is 305 g/mol. The molecule has 0 N–H and O–H groups in total. The first-order valence-electron chi connectivity index (χ1n) is 6.72. The van der Waals surface area contributed by atoms with E-state index in [1.807, 2.05) is 6.07 Å². The van der Waals surface area contributed by atoms with E-state index in [9.17, 15) is 24.4 Å². The summed E-state index contributed by atoms with van der Waals surface area (Å²) in [4.78, 5) is 53.4. The van der Waals surface area contributed by atoms with Crippen LogP contribution < -0.4 is 0 Å². The molecule has 0 spiro atoms. The van der Waals surface area contributed by atoms with Crippen molar-refractivity contribution >= 4 is 23.9 Å². The zero-order chi connectivity index (χ0) is 16.6. The normalized spacial score (nSPS) is 37.7. The van der Waals surface area contributed by atoms with Crippen molar-refractivity contribution in [3.63, 3.8) is 0 Å². The van der Waals surface area contributed by atoms with Gasteiger partial charge in [-0.15, -0.1) is 0 Å². The predicted molar refractivity (Wildman–Crippen MR) is 71.0 cm³/mol. The van der Waals surface area contributed by atoms with Gasteiger partial charge in [-0.2, -0.15) is 5.26 Å². The Hall–Kier alpha value is -2.63. The second-order valence-corrected chi connectivity index (χ2v) is 5.92. The van der Waals surface area contributed by atoms with Crippen LogP contribution in [-0.4, -0.2) is 83.2 Å². The van der Waals surface area contributed by atoms with Crippen molar-refractivity contribution in [2.45, 2.75) is 11.6 Å². The molecule has 1 saturated carbocycles. The van der Waals surface area contributed by atoms with Crippen molar-refractivity contribution in [2.75, 3.05) is 28.2 Å². The number of nitriles is 1. The number of hydrogen-bond acceptors (Lipinski definition) is 5. The molecule has 9 heteroatoms. The highest BCUT2D eigenvalue weighted by atomic mass is 16.2. The Morgan fingerprint density at radius 1 is 0.955 bits per heavy atom. The highest BCUT2D eigenvalue weighted by Crippen LogP contribution is 2.55. The molecule has 22 heavy (non-hydrogen) atoms. The number of imide groups is 2. The van der Waals surface area contributed by atoms with E-state index in [0.717, 1.165) is 9.80 Å². The number of rotatable bonds is 0. The minimum absolute atomic E-state index is 0.492. The molecule has 9 nitrogen and oxygen atoms in total. The molecule has 6 amide bonds. The zero-order valence-electron chi connectivity index (χ0n) is 12.6. The van der Waals surface area contributed by atoms with Gasteiger partial charge < -0.3 is 9.80 Å². The number of urea groups is 2. The fourth-order valence-corrected chi connectivity index (χ4v) is 3.93. The van der Waals surface area contributed by atoms with Crippen molar-refractivity contribution in [1.82, 2.24) is 19.6 Å². The summed E-state index contributed by atoms with van der Waals surface area (Å²) in [5.41, 5.74) is -1.49. The lowest BCUT2D eigenvalue weighted by Crippen LogP contribution is -2.87. The van der Waals surface area contributed by atoms with Crippen LogP contribution in [0.5, 0.6) is 0 Å². The number of carbonyl (C=O) groups is 4. The van der Waals surface area contributed by atoms with Gasteiger partial charge in [0.25, 0.3) is 0 Å². The second kappa shape index (κ2) is 3.97. The van der Waals surface area contributed by atoms with Crippen molar-refractivity contribution in [3.8, 4) is 6.07 Å². The Labute approximate surface area is 126 Å². The molecule has 0 aromatic carbocycles. The maximum absolute atomic E-state index is 12.5. The van der Waals surface area contributed by atoms with Gasteiger partial charge in [-0.25, -0.2) is 9.59 Å². The van der Waals surface area contributed by atoms with Crippen molar-refractivity contribution in [3.05, 3.63) is 0 Å². The molecule has 2 saturated heterocycles. The van der Waals surface area contributed by atoms with Crippen LogP contribution in [-0.2, 0) is 9.59 Å².